The van der Waals surface area contributed by atoms with E-state index in [4.69, 9.17) is 4.74 Å². The van der Waals surface area contributed by atoms with Gasteiger partial charge in [-0.15, -0.1) is 0 Å². The summed E-state index contributed by atoms with van der Waals surface area (Å²) in [5.41, 5.74) is 0.557. The summed E-state index contributed by atoms with van der Waals surface area (Å²) in [5, 5.41) is 2.61. The van der Waals surface area contributed by atoms with E-state index in [1.54, 1.807) is 30.3 Å². The van der Waals surface area contributed by atoms with E-state index < -0.39 is 21.9 Å². The lowest BCUT2D eigenvalue weighted by molar-refractivity contribution is -0.118. The zero-order valence-electron chi connectivity index (χ0n) is 16.0. The summed E-state index contributed by atoms with van der Waals surface area (Å²) in [6, 6.07) is 12.5. The highest BCUT2D eigenvalue weighted by Gasteiger charge is 2.27. The van der Waals surface area contributed by atoms with Gasteiger partial charge in [0, 0.05) is 18.8 Å². The minimum atomic E-state index is -3.57. The van der Waals surface area contributed by atoms with E-state index in [2.05, 4.69) is 10.1 Å². The topological polar surface area (TPSA) is 102 Å². The lowest BCUT2D eigenvalue weighted by Gasteiger charge is -2.16. The Morgan fingerprint density at radius 1 is 1.07 bits per heavy atom. The minimum Gasteiger partial charge on any atom is -0.483 e. The van der Waals surface area contributed by atoms with Gasteiger partial charge in [-0.1, -0.05) is 18.2 Å². The van der Waals surface area contributed by atoms with Crippen LogP contribution in [0, 0.1) is 0 Å². The number of rotatable bonds is 7. The van der Waals surface area contributed by atoms with Gasteiger partial charge in [0.1, 0.15) is 11.3 Å². The van der Waals surface area contributed by atoms with Crippen molar-refractivity contribution in [3.8, 4) is 5.75 Å². The zero-order chi connectivity index (χ0) is 20.9. The second-order valence-electron chi connectivity index (χ2n) is 6.46. The molecule has 1 saturated heterocycles. The number of carbonyl (C=O) groups is 2. The van der Waals surface area contributed by atoms with E-state index in [1.807, 2.05) is 0 Å². The largest absolute Gasteiger partial charge is 0.483 e. The molecule has 1 aliphatic rings. The van der Waals surface area contributed by atoms with E-state index in [0.29, 0.717) is 18.8 Å². The molecule has 0 unspecified atom stereocenters. The number of hydrogen-bond donors (Lipinski definition) is 1. The van der Waals surface area contributed by atoms with Gasteiger partial charge in [0.05, 0.1) is 12.0 Å². The van der Waals surface area contributed by atoms with Crippen LogP contribution in [0.4, 0.5) is 5.69 Å². The first-order valence-corrected chi connectivity index (χ1v) is 10.6. The van der Waals surface area contributed by atoms with Crippen LogP contribution in [0.1, 0.15) is 23.2 Å². The number of ether oxygens (including phenoxy) is 2. The molecule has 1 N–H and O–H groups in total. The Labute approximate surface area is 169 Å². The van der Waals surface area contributed by atoms with Crippen LogP contribution >= 0.6 is 0 Å². The van der Waals surface area contributed by atoms with Crippen molar-refractivity contribution in [2.45, 2.75) is 17.7 Å². The van der Waals surface area contributed by atoms with Crippen molar-refractivity contribution < 1.29 is 27.5 Å². The maximum atomic E-state index is 12.7. The molecule has 1 heterocycles. The van der Waals surface area contributed by atoms with Crippen molar-refractivity contribution in [3.05, 3.63) is 54.1 Å². The van der Waals surface area contributed by atoms with Gasteiger partial charge in [-0.25, -0.2) is 13.2 Å². The number of carbonyl (C=O) groups excluding carboxylic acids is 2. The average Bonchev–Trinajstić information content (AvgIpc) is 3.28. The number of methoxy groups -OCH3 is 1. The SMILES string of the molecule is COC(=O)c1ccccc1OCC(=O)Nc1cccc(S(=O)(=O)N2CCCC2)c1. The fourth-order valence-electron chi connectivity index (χ4n) is 3.02. The Morgan fingerprint density at radius 3 is 2.52 bits per heavy atom. The van der Waals surface area contributed by atoms with Crippen molar-refractivity contribution in [2.24, 2.45) is 0 Å². The summed E-state index contributed by atoms with van der Waals surface area (Å²) in [4.78, 5) is 24.1. The number of nitrogens with one attached hydrogen (secondary N) is 1. The first-order chi connectivity index (χ1) is 13.9. The molecule has 0 spiro atoms. The van der Waals surface area contributed by atoms with Crippen LogP contribution in [-0.4, -0.2) is 51.4 Å². The third kappa shape index (κ3) is 4.93. The highest BCUT2D eigenvalue weighted by atomic mass is 32.2. The van der Waals surface area contributed by atoms with Crippen molar-refractivity contribution in [1.82, 2.24) is 4.31 Å². The van der Waals surface area contributed by atoms with Gasteiger partial charge in [-0.05, 0) is 43.2 Å². The standard InChI is InChI=1S/C20H22N2O6S/c1-27-20(24)17-9-2-3-10-18(17)28-14-19(23)21-15-7-6-8-16(13-15)29(25,26)22-11-4-5-12-22/h2-3,6-10,13H,4-5,11-12,14H2,1H3,(H,21,23). The Hall–Kier alpha value is -2.91. The van der Waals surface area contributed by atoms with Gasteiger partial charge < -0.3 is 14.8 Å². The fourth-order valence-corrected chi connectivity index (χ4v) is 4.59. The van der Waals surface area contributed by atoms with Crippen LogP contribution in [0.25, 0.3) is 0 Å². The van der Waals surface area contributed by atoms with Crippen LogP contribution in [0.2, 0.25) is 0 Å². The summed E-state index contributed by atoms with van der Waals surface area (Å²) < 4.78 is 36.9. The number of hydrogen-bond acceptors (Lipinski definition) is 6. The number of amides is 1. The summed E-state index contributed by atoms with van der Waals surface area (Å²) in [7, 11) is -2.31. The molecule has 0 aromatic heterocycles. The molecular formula is C20H22N2O6S. The Kier molecular flexibility index (Phi) is 6.50. The van der Waals surface area contributed by atoms with Crippen LogP contribution in [-0.2, 0) is 19.6 Å². The second kappa shape index (κ2) is 9.06. The van der Waals surface area contributed by atoms with Crippen LogP contribution in [0.15, 0.2) is 53.4 Å². The third-order valence-electron chi connectivity index (χ3n) is 4.47. The lowest BCUT2D eigenvalue weighted by Crippen LogP contribution is -2.28. The first-order valence-electron chi connectivity index (χ1n) is 9.12. The Balaban J connectivity index is 1.66. The van der Waals surface area contributed by atoms with Gasteiger partial charge in [0.2, 0.25) is 10.0 Å². The zero-order valence-corrected chi connectivity index (χ0v) is 16.8. The molecule has 0 saturated carbocycles. The predicted octanol–water partition coefficient (Wildman–Crippen LogP) is 2.28. The number of anilines is 1. The van der Waals surface area contributed by atoms with Crippen LogP contribution < -0.4 is 10.1 Å². The summed E-state index contributed by atoms with van der Waals surface area (Å²) in [5.74, 6) is -0.832. The van der Waals surface area contributed by atoms with Gasteiger partial charge in [-0.2, -0.15) is 4.31 Å². The van der Waals surface area contributed by atoms with E-state index in [0.717, 1.165) is 12.8 Å². The van der Waals surface area contributed by atoms with Crippen molar-refractivity contribution in [3.63, 3.8) is 0 Å². The Bertz CT molecular complexity index is 1000. The molecule has 0 aliphatic carbocycles. The van der Waals surface area contributed by atoms with Gasteiger partial charge in [-0.3, -0.25) is 4.79 Å². The maximum Gasteiger partial charge on any atom is 0.341 e. The molecule has 154 valence electrons. The van der Waals surface area contributed by atoms with E-state index in [1.165, 1.54) is 29.6 Å². The molecule has 1 aliphatic heterocycles. The monoisotopic (exact) mass is 418 g/mol. The van der Waals surface area contributed by atoms with Crippen LogP contribution in [0.3, 0.4) is 0 Å². The predicted molar refractivity (Wildman–Crippen MR) is 106 cm³/mol. The minimum absolute atomic E-state index is 0.133. The second-order valence-corrected chi connectivity index (χ2v) is 8.40. The fraction of sp³-hybridized carbons (Fsp3) is 0.300. The van der Waals surface area contributed by atoms with Gasteiger partial charge in [0.25, 0.3) is 5.91 Å². The molecule has 1 fully saturated rings. The maximum absolute atomic E-state index is 12.7. The van der Waals surface area contributed by atoms with E-state index in [9.17, 15) is 18.0 Å². The molecule has 1 amide bonds. The molecule has 2 aromatic rings. The molecule has 2 aromatic carbocycles. The lowest BCUT2D eigenvalue weighted by atomic mass is 10.2. The smallest absolute Gasteiger partial charge is 0.341 e. The number of benzene rings is 2. The highest BCUT2D eigenvalue weighted by molar-refractivity contribution is 7.89. The molecule has 9 heteroatoms. The van der Waals surface area contributed by atoms with E-state index >= 15 is 0 Å². The molecule has 3 rings (SSSR count). The molecule has 0 bridgehead atoms. The van der Waals surface area contributed by atoms with Crippen molar-refractivity contribution in [2.75, 3.05) is 32.1 Å². The number of nitrogens with zero attached hydrogens (tertiary/aromatic N) is 1. The van der Waals surface area contributed by atoms with Gasteiger partial charge in [0.15, 0.2) is 6.61 Å². The normalized spacial score (nSPS) is 14.4. The first kappa shape index (κ1) is 20.8. The van der Waals surface area contributed by atoms with E-state index in [-0.39, 0.29) is 22.8 Å². The quantitative estimate of drug-likeness (QED) is 0.692. The Morgan fingerprint density at radius 2 is 1.79 bits per heavy atom. The molecule has 0 atom stereocenters. The molecular weight excluding hydrogens is 396 g/mol. The number of esters is 1. The number of para-hydroxylation sites is 1. The summed E-state index contributed by atoms with van der Waals surface area (Å²) >= 11 is 0. The highest BCUT2D eigenvalue weighted by Crippen LogP contribution is 2.23. The molecule has 8 nitrogen and oxygen atoms in total. The van der Waals surface area contributed by atoms with Gasteiger partial charge >= 0.3 is 5.97 Å². The molecule has 0 radical (unpaired) electrons. The average molecular weight is 418 g/mol. The summed E-state index contributed by atoms with van der Waals surface area (Å²) in [6.45, 7) is 0.663. The van der Waals surface area contributed by atoms with Crippen molar-refractivity contribution in [1.29, 1.82) is 0 Å². The van der Waals surface area contributed by atoms with Crippen LogP contribution in [0.5, 0.6) is 5.75 Å². The third-order valence-corrected chi connectivity index (χ3v) is 6.37. The number of sulfonamides is 1. The molecule has 29 heavy (non-hydrogen) atoms. The van der Waals surface area contributed by atoms with Crippen molar-refractivity contribution >= 4 is 27.6 Å². The summed E-state index contributed by atoms with van der Waals surface area (Å²) in [6.07, 6.45) is 1.69.